The maximum Gasteiger partial charge on any atom is 0.0648 e. The smallest absolute Gasteiger partial charge is 0.0648 e. The topological polar surface area (TPSA) is 27.7 Å². The van der Waals surface area contributed by atoms with Gasteiger partial charge in [-0.3, -0.25) is 0 Å². The van der Waals surface area contributed by atoms with E-state index in [4.69, 9.17) is 14.2 Å². The monoisotopic (exact) mass is 390 g/mol. The lowest BCUT2D eigenvalue weighted by Gasteiger charge is -2.39. The van der Waals surface area contributed by atoms with Crippen LogP contribution in [0.4, 0.5) is 0 Å². The SMILES string of the molecule is C=CCOC1CCC(C2CCCCCCC2)C(OCC=C)CC(OCC=C)C1. The van der Waals surface area contributed by atoms with E-state index < -0.39 is 0 Å². The molecule has 0 aromatic carbocycles. The second-order valence-corrected chi connectivity index (χ2v) is 8.47. The molecule has 2 aliphatic carbocycles. The van der Waals surface area contributed by atoms with Crippen molar-refractivity contribution in [2.45, 2.75) is 88.9 Å². The number of rotatable bonds is 10. The largest absolute Gasteiger partial charge is 0.374 e. The molecule has 0 bridgehead atoms. The summed E-state index contributed by atoms with van der Waals surface area (Å²) in [7, 11) is 0. The molecular formula is C25H42O3. The minimum Gasteiger partial charge on any atom is -0.374 e. The van der Waals surface area contributed by atoms with Gasteiger partial charge < -0.3 is 14.2 Å². The van der Waals surface area contributed by atoms with E-state index in [2.05, 4.69) is 19.7 Å². The van der Waals surface area contributed by atoms with Gasteiger partial charge >= 0.3 is 0 Å². The van der Waals surface area contributed by atoms with Gasteiger partial charge in [0.15, 0.2) is 0 Å². The first-order valence-electron chi connectivity index (χ1n) is 11.5. The van der Waals surface area contributed by atoms with Crippen LogP contribution in [0.3, 0.4) is 0 Å². The molecule has 4 atom stereocenters. The van der Waals surface area contributed by atoms with E-state index in [0.717, 1.165) is 25.2 Å². The maximum absolute atomic E-state index is 6.35. The van der Waals surface area contributed by atoms with Crippen molar-refractivity contribution in [1.82, 2.24) is 0 Å². The van der Waals surface area contributed by atoms with Crippen molar-refractivity contribution in [2.24, 2.45) is 11.8 Å². The van der Waals surface area contributed by atoms with Crippen LogP contribution in [0.2, 0.25) is 0 Å². The molecule has 0 saturated heterocycles. The molecule has 2 fully saturated rings. The molecule has 160 valence electrons. The van der Waals surface area contributed by atoms with Crippen LogP contribution in [0.1, 0.15) is 70.6 Å². The molecule has 4 unspecified atom stereocenters. The number of hydrogen-bond donors (Lipinski definition) is 0. The highest BCUT2D eigenvalue weighted by molar-refractivity contribution is 4.87. The van der Waals surface area contributed by atoms with Crippen LogP contribution in [0.15, 0.2) is 38.0 Å². The fraction of sp³-hybridized carbons (Fsp3) is 0.760. The Morgan fingerprint density at radius 1 is 0.607 bits per heavy atom. The van der Waals surface area contributed by atoms with Crippen LogP contribution in [0, 0.1) is 11.8 Å². The van der Waals surface area contributed by atoms with E-state index in [9.17, 15) is 0 Å². The van der Waals surface area contributed by atoms with Crippen LogP contribution in [0.5, 0.6) is 0 Å². The van der Waals surface area contributed by atoms with Crippen molar-refractivity contribution in [1.29, 1.82) is 0 Å². The molecule has 3 nitrogen and oxygen atoms in total. The molecule has 2 rings (SSSR count). The predicted molar refractivity (Wildman–Crippen MR) is 118 cm³/mol. The molecule has 0 radical (unpaired) electrons. The standard InChI is InChI=1S/C25H42O3/c1-4-16-26-22-14-15-24(21-12-10-8-7-9-11-13-21)25(28-18-6-3)20-23(19-22)27-17-5-2/h4-6,21-25H,1-3,7-20H2. The molecule has 2 aliphatic rings. The zero-order valence-electron chi connectivity index (χ0n) is 17.9. The summed E-state index contributed by atoms with van der Waals surface area (Å²) in [6.45, 7) is 13.3. The first kappa shape index (κ1) is 23.4. The van der Waals surface area contributed by atoms with Gasteiger partial charge in [0, 0.05) is 6.42 Å². The van der Waals surface area contributed by atoms with Gasteiger partial charge in [0.05, 0.1) is 38.1 Å². The van der Waals surface area contributed by atoms with Gasteiger partial charge in [0.1, 0.15) is 0 Å². The fourth-order valence-corrected chi connectivity index (χ4v) is 5.04. The zero-order valence-corrected chi connectivity index (χ0v) is 17.9. The third-order valence-corrected chi connectivity index (χ3v) is 6.40. The normalized spacial score (nSPS) is 30.4. The van der Waals surface area contributed by atoms with Gasteiger partial charge in [-0.05, 0) is 31.1 Å². The minimum atomic E-state index is 0.152. The molecule has 0 spiro atoms. The van der Waals surface area contributed by atoms with E-state index in [1.54, 1.807) is 0 Å². The lowest BCUT2D eigenvalue weighted by molar-refractivity contribution is -0.0807. The lowest BCUT2D eigenvalue weighted by atomic mass is 9.73. The summed E-state index contributed by atoms with van der Waals surface area (Å²) in [5.74, 6) is 1.34. The average molecular weight is 391 g/mol. The highest BCUT2D eigenvalue weighted by atomic mass is 16.5. The summed E-state index contributed by atoms with van der Waals surface area (Å²) in [5.41, 5.74) is 0. The highest BCUT2D eigenvalue weighted by Crippen LogP contribution is 2.38. The number of ether oxygens (including phenoxy) is 3. The summed E-state index contributed by atoms with van der Waals surface area (Å²) < 4.78 is 18.6. The van der Waals surface area contributed by atoms with Gasteiger partial charge in [-0.25, -0.2) is 0 Å². The van der Waals surface area contributed by atoms with Gasteiger partial charge in [0.25, 0.3) is 0 Å². The van der Waals surface area contributed by atoms with Crippen LogP contribution < -0.4 is 0 Å². The van der Waals surface area contributed by atoms with Crippen molar-refractivity contribution >= 4 is 0 Å². The van der Waals surface area contributed by atoms with E-state index >= 15 is 0 Å². The quantitative estimate of drug-likeness (QED) is 0.413. The predicted octanol–water partition coefficient (Wildman–Crippen LogP) is 6.25. The third kappa shape index (κ3) is 8.23. The second-order valence-electron chi connectivity index (χ2n) is 8.47. The molecule has 0 aromatic heterocycles. The lowest BCUT2D eigenvalue weighted by Crippen LogP contribution is -2.39. The zero-order chi connectivity index (χ0) is 20.0. The summed E-state index contributed by atoms with van der Waals surface area (Å²) in [4.78, 5) is 0. The van der Waals surface area contributed by atoms with Crippen molar-refractivity contribution in [3.05, 3.63) is 38.0 Å². The van der Waals surface area contributed by atoms with E-state index in [-0.39, 0.29) is 18.3 Å². The Morgan fingerprint density at radius 3 is 1.82 bits per heavy atom. The average Bonchev–Trinajstić information content (AvgIpc) is 2.66. The molecule has 3 heteroatoms. The Morgan fingerprint density at radius 2 is 1.18 bits per heavy atom. The molecule has 0 N–H and O–H groups in total. The molecule has 0 aliphatic heterocycles. The maximum atomic E-state index is 6.35. The molecule has 0 amide bonds. The summed E-state index contributed by atoms with van der Waals surface area (Å²) in [6, 6.07) is 0. The van der Waals surface area contributed by atoms with Gasteiger partial charge in [-0.1, -0.05) is 63.2 Å². The molecule has 0 heterocycles. The number of hydrogen-bond acceptors (Lipinski definition) is 3. The van der Waals surface area contributed by atoms with Crippen LogP contribution in [-0.4, -0.2) is 38.1 Å². The first-order valence-corrected chi connectivity index (χ1v) is 11.5. The van der Waals surface area contributed by atoms with Crippen LogP contribution in [0.25, 0.3) is 0 Å². The molecule has 0 aromatic rings. The Bertz CT molecular complexity index is 439. The van der Waals surface area contributed by atoms with Gasteiger partial charge in [0.2, 0.25) is 0 Å². The Balaban J connectivity index is 2.14. The Kier molecular flexibility index (Phi) is 11.8. The van der Waals surface area contributed by atoms with E-state index in [1.165, 1.54) is 51.4 Å². The van der Waals surface area contributed by atoms with E-state index in [0.29, 0.717) is 25.7 Å². The van der Waals surface area contributed by atoms with E-state index in [1.807, 2.05) is 18.2 Å². The second kappa shape index (κ2) is 14.1. The van der Waals surface area contributed by atoms with Crippen molar-refractivity contribution in [3.8, 4) is 0 Å². The molecule has 28 heavy (non-hydrogen) atoms. The Hall–Kier alpha value is -0.900. The van der Waals surface area contributed by atoms with Gasteiger partial charge in [-0.15, -0.1) is 19.7 Å². The molecule has 2 saturated carbocycles. The van der Waals surface area contributed by atoms with Crippen molar-refractivity contribution in [2.75, 3.05) is 19.8 Å². The van der Waals surface area contributed by atoms with Crippen molar-refractivity contribution < 1.29 is 14.2 Å². The van der Waals surface area contributed by atoms with Gasteiger partial charge in [-0.2, -0.15) is 0 Å². The molecular weight excluding hydrogens is 348 g/mol. The summed E-state index contributed by atoms with van der Waals surface area (Å²) in [5, 5.41) is 0. The van der Waals surface area contributed by atoms with Crippen molar-refractivity contribution in [3.63, 3.8) is 0 Å². The third-order valence-electron chi connectivity index (χ3n) is 6.40. The first-order chi connectivity index (χ1) is 13.8. The van der Waals surface area contributed by atoms with Crippen LogP contribution >= 0.6 is 0 Å². The summed E-state index contributed by atoms with van der Waals surface area (Å²) in [6.07, 6.45) is 19.9. The summed E-state index contributed by atoms with van der Waals surface area (Å²) >= 11 is 0. The van der Waals surface area contributed by atoms with Crippen LogP contribution in [-0.2, 0) is 14.2 Å². The highest BCUT2D eigenvalue weighted by Gasteiger charge is 2.35. The fourth-order valence-electron chi connectivity index (χ4n) is 5.04. The minimum absolute atomic E-state index is 0.152. The Labute approximate surface area is 173 Å².